The summed E-state index contributed by atoms with van der Waals surface area (Å²) in [4.78, 5) is 10.9. The van der Waals surface area contributed by atoms with Gasteiger partial charge in [-0.3, -0.25) is 4.57 Å². The first-order valence-electron chi connectivity index (χ1n) is 9.00. The second-order valence-corrected chi connectivity index (χ2v) is 7.23. The quantitative estimate of drug-likeness (QED) is 0.323. The fourth-order valence-electron chi connectivity index (χ4n) is 3.28. The normalized spacial score (nSPS) is 20.1. The Kier molecular flexibility index (Phi) is 11.3. The van der Waals surface area contributed by atoms with E-state index in [2.05, 4.69) is 17.5 Å². The number of aliphatic hydroxyl groups is 1. The van der Waals surface area contributed by atoms with Crippen LogP contribution in [-0.4, -0.2) is 53.8 Å². The molecule has 0 aliphatic heterocycles. The van der Waals surface area contributed by atoms with Gasteiger partial charge in [-0.15, -0.1) is 0 Å². The van der Waals surface area contributed by atoms with Crippen LogP contribution in [0.25, 0.3) is 0 Å². The summed E-state index contributed by atoms with van der Waals surface area (Å²) < 4.78 is 16.4. The zero-order valence-electron chi connectivity index (χ0n) is 15.0. The van der Waals surface area contributed by atoms with Crippen LogP contribution in [0.2, 0.25) is 0 Å². The Morgan fingerprint density at radius 3 is 2.59 bits per heavy atom. The van der Waals surface area contributed by atoms with Gasteiger partial charge in [0.1, 0.15) is 0 Å². The van der Waals surface area contributed by atoms with E-state index < -0.39 is 20.8 Å². The molecule has 2 rings (SSSR count). The average molecular weight is 389 g/mol. The molecular formula is C19H29LiNO5P. The van der Waals surface area contributed by atoms with Crippen LogP contribution in [0.15, 0.2) is 36.4 Å². The first-order valence-corrected chi connectivity index (χ1v) is 9.94. The summed E-state index contributed by atoms with van der Waals surface area (Å²) in [7, 11) is -1.29. The van der Waals surface area contributed by atoms with E-state index in [1.807, 2.05) is 6.92 Å². The molecule has 6 nitrogen and oxygen atoms in total. The SMILES string of the molecule is C[C@H](NC[C@@H](O)CC(O[PH2]=O)C1CC=CCC1)c1ccc(C(=O)O)cc1.[LiH]. The standard InChI is InChI=1S/C19H28NO5P.Li.H/c1-13(14-7-9-16(10-8-14)19(22)23)20-12-17(21)11-18(25-26-24)15-5-3-2-4-6-15;;/h2-3,7-10,13,15,17-18,20-21H,4-6,11-12,26H2,1H3,(H,22,23);;/t13-,15?,17-,18?;;/m0../s1. The summed E-state index contributed by atoms with van der Waals surface area (Å²) in [5, 5.41) is 22.6. The Morgan fingerprint density at radius 1 is 1.33 bits per heavy atom. The van der Waals surface area contributed by atoms with Crippen LogP contribution in [0.1, 0.15) is 54.6 Å². The summed E-state index contributed by atoms with van der Waals surface area (Å²) in [6, 6.07) is 6.67. The van der Waals surface area contributed by atoms with Gasteiger partial charge in [0.2, 0.25) is 0 Å². The molecule has 1 aromatic rings. The van der Waals surface area contributed by atoms with Gasteiger partial charge in [0, 0.05) is 19.0 Å². The molecule has 27 heavy (non-hydrogen) atoms. The van der Waals surface area contributed by atoms with Crippen molar-refractivity contribution < 1.29 is 24.1 Å². The number of allylic oxidation sites excluding steroid dienone is 2. The minimum atomic E-state index is -1.29. The maximum atomic E-state index is 11.0. The number of nitrogens with one attached hydrogen (secondary N) is 1. The Balaban J connectivity index is 0.00000364. The van der Waals surface area contributed by atoms with Crippen molar-refractivity contribution in [3.63, 3.8) is 0 Å². The van der Waals surface area contributed by atoms with Crippen LogP contribution in [0, 0.1) is 5.92 Å². The van der Waals surface area contributed by atoms with Crippen molar-refractivity contribution in [1.82, 2.24) is 5.32 Å². The summed E-state index contributed by atoms with van der Waals surface area (Å²) in [5.41, 5.74) is 1.21. The predicted molar refractivity (Wildman–Crippen MR) is 109 cm³/mol. The zero-order valence-corrected chi connectivity index (χ0v) is 16.2. The summed E-state index contributed by atoms with van der Waals surface area (Å²) in [6.45, 7) is 2.35. The van der Waals surface area contributed by atoms with E-state index in [1.54, 1.807) is 24.3 Å². The van der Waals surface area contributed by atoms with Crippen molar-refractivity contribution in [2.24, 2.45) is 5.92 Å². The topological polar surface area (TPSA) is 95.9 Å². The second-order valence-electron chi connectivity index (χ2n) is 6.76. The van der Waals surface area contributed by atoms with Crippen molar-refractivity contribution in [1.29, 1.82) is 0 Å². The molecule has 146 valence electrons. The average Bonchev–Trinajstić information content (AvgIpc) is 2.66. The van der Waals surface area contributed by atoms with Gasteiger partial charge in [-0.1, -0.05) is 24.3 Å². The van der Waals surface area contributed by atoms with Crippen LogP contribution in [0.5, 0.6) is 0 Å². The third-order valence-electron chi connectivity index (χ3n) is 4.89. The molecule has 3 unspecified atom stereocenters. The molecule has 1 aliphatic carbocycles. The third kappa shape index (κ3) is 7.95. The number of carbonyl (C=O) groups is 1. The molecule has 0 heterocycles. The molecule has 0 saturated carbocycles. The summed E-state index contributed by atoms with van der Waals surface area (Å²) in [6.07, 6.45) is 6.82. The Hall–Kier alpha value is -0.863. The van der Waals surface area contributed by atoms with E-state index in [9.17, 15) is 14.5 Å². The number of hydrogen-bond acceptors (Lipinski definition) is 5. The summed E-state index contributed by atoms with van der Waals surface area (Å²) >= 11 is 0. The monoisotopic (exact) mass is 389 g/mol. The number of carboxylic acids is 1. The van der Waals surface area contributed by atoms with Gasteiger partial charge in [-0.2, -0.15) is 0 Å². The van der Waals surface area contributed by atoms with Crippen LogP contribution in [-0.2, 0) is 9.09 Å². The van der Waals surface area contributed by atoms with Gasteiger partial charge in [-0.05, 0) is 49.8 Å². The van der Waals surface area contributed by atoms with Crippen molar-refractivity contribution in [3.05, 3.63) is 47.5 Å². The molecule has 0 fully saturated rings. The number of benzene rings is 1. The maximum absolute atomic E-state index is 11.0. The number of carboxylic acid groups (broad SMARTS) is 1. The second kappa shape index (κ2) is 12.6. The van der Waals surface area contributed by atoms with Gasteiger partial charge in [0.25, 0.3) is 0 Å². The first kappa shape index (κ1) is 24.2. The van der Waals surface area contributed by atoms with Crippen molar-refractivity contribution in [2.45, 2.75) is 50.9 Å². The molecule has 1 aromatic carbocycles. The van der Waals surface area contributed by atoms with Crippen LogP contribution >= 0.6 is 8.69 Å². The Bertz CT molecular complexity index is 625. The fraction of sp³-hybridized carbons (Fsp3) is 0.526. The van der Waals surface area contributed by atoms with Crippen molar-refractivity contribution in [3.8, 4) is 0 Å². The molecule has 5 atom stereocenters. The molecular weight excluding hydrogens is 360 g/mol. The van der Waals surface area contributed by atoms with Gasteiger partial charge < -0.3 is 20.1 Å². The molecule has 0 spiro atoms. The van der Waals surface area contributed by atoms with Crippen LogP contribution in [0.3, 0.4) is 0 Å². The number of aliphatic hydroxyl groups excluding tert-OH is 1. The molecule has 3 N–H and O–H groups in total. The number of aromatic carboxylic acids is 1. The van der Waals surface area contributed by atoms with Crippen LogP contribution in [0.4, 0.5) is 0 Å². The molecule has 8 heteroatoms. The van der Waals surface area contributed by atoms with Crippen molar-refractivity contribution in [2.75, 3.05) is 6.54 Å². The molecule has 1 aliphatic rings. The molecule has 0 saturated heterocycles. The van der Waals surface area contributed by atoms with E-state index in [4.69, 9.17) is 9.63 Å². The molecule has 0 bridgehead atoms. The number of hydrogen-bond donors (Lipinski definition) is 3. The van der Waals surface area contributed by atoms with Gasteiger partial charge in [0.05, 0.1) is 17.8 Å². The fourth-order valence-corrected chi connectivity index (χ4v) is 3.76. The first-order chi connectivity index (χ1) is 12.5. The van der Waals surface area contributed by atoms with E-state index in [-0.39, 0.29) is 36.6 Å². The van der Waals surface area contributed by atoms with E-state index in [1.165, 1.54) is 0 Å². The Morgan fingerprint density at radius 2 is 2.04 bits per heavy atom. The third-order valence-corrected chi connectivity index (χ3v) is 5.35. The minimum absolute atomic E-state index is 0. The van der Waals surface area contributed by atoms with E-state index in [0.29, 0.717) is 18.9 Å². The predicted octanol–water partition coefficient (Wildman–Crippen LogP) is 2.55. The molecule has 0 aromatic heterocycles. The van der Waals surface area contributed by atoms with Gasteiger partial charge >= 0.3 is 24.8 Å². The van der Waals surface area contributed by atoms with Gasteiger partial charge in [0.15, 0.2) is 8.69 Å². The van der Waals surface area contributed by atoms with E-state index >= 15 is 0 Å². The van der Waals surface area contributed by atoms with Crippen LogP contribution < -0.4 is 5.32 Å². The molecule has 0 amide bonds. The Labute approximate surface area is 173 Å². The van der Waals surface area contributed by atoms with Crippen molar-refractivity contribution >= 4 is 33.5 Å². The number of rotatable bonds is 10. The summed E-state index contributed by atoms with van der Waals surface area (Å²) in [5.74, 6) is -0.645. The molecule has 0 radical (unpaired) electrons. The van der Waals surface area contributed by atoms with E-state index in [0.717, 1.165) is 24.8 Å². The van der Waals surface area contributed by atoms with Gasteiger partial charge in [-0.25, -0.2) is 4.79 Å². The zero-order chi connectivity index (χ0) is 18.9.